The monoisotopic (exact) mass is 438 g/mol. The van der Waals surface area contributed by atoms with Crippen LogP contribution >= 0.6 is 23.5 Å². The van der Waals surface area contributed by atoms with Crippen LogP contribution in [0.5, 0.6) is 11.5 Å². The highest BCUT2D eigenvalue weighted by molar-refractivity contribution is 8.25. The van der Waals surface area contributed by atoms with Crippen LogP contribution in [0.3, 0.4) is 0 Å². The summed E-state index contributed by atoms with van der Waals surface area (Å²) in [5, 5.41) is 0. The van der Waals surface area contributed by atoms with Gasteiger partial charge in [0.1, 0.15) is 11.5 Å². The maximum atomic E-state index is 12.9. The van der Waals surface area contributed by atoms with E-state index in [1.165, 1.54) is 12.2 Å². The fraction of sp³-hybridized carbons (Fsp3) is 0.167. The topological polar surface area (TPSA) is 52.6 Å². The molecule has 4 nitrogen and oxygen atoms in total. The van der Waals surface area contributed by atoms with E-state index in [1.54, 1.807) is 49.9 Å². The molecule has 0 saturated carbocycles. The molecule has 1 aliphatic heterocycles. The zero-order valence-electron chi connectivity index (χ0n) is 16.8. The van der Waals surface area contributed by atoms with Crippen molar-refractivity contribution in [3.05, 3.63) is 81.6 Å². The molecule has 0 unspecified atom stereocenters. The third-order valence-corrected chi connectivity index (χ3v) is 7.05. The van der Waals surface area contributed by atoms with Crippen molar-refractivity contribution in [1.29, 1.82) is 0 Å². The molecule has 1 saturated heterocycles. The van der Waals surface area contributed by atoms with Gasteiger partial charge in [0.05, 0.1) is 24.0 Å². The summed E-state index contributed by atoms with van der Waals surface area (Å²) in [5.41, 5.74) is 1.96. The first-order chi connectivity index (χ1) is 14.6. The number of thioether (sulfide) groups is 2. The lowest BCUT2D eigenvalue weighted by atomic mass is 10.1. The molecule has 3 rings (SSSR count). The van der Waals surface area contributed by atoms with Gasteiger partial charge in [-0.05, 0) is 47.5 Å². The normalized spacial score (nSPS) is 13.7. The molecule has 30 heavy (non-hydrogen) atoms. The third kappa shape index (κ3) is 5.90. The van der Waals surface area contributed by atoms with E-state index >= 15 is 0 Å². The van der Waals surface area contributed by atoms with E-state index in [0.29, 0.717) is 0 Å². The Balaban J connectivity index is 1.78. The minimum atomic E-state index is -0.285. The molecule has 0 amide bonds. The number of allylic oxidation sites excluding steroid dienone is 3. The average molecular weight is 439 g/mol. The Morgan fingerprint density at radius 1 is 0.733 bits per heavy atom. The molecule has 1 aliphatic rings. The van der Waals surface area contributed by atoms with Gasteiger partial charge < -0.3 is 9.47 Å². The first-order valence-electron chi connectivity index (χ1n) is 9.33. The van der Waals surface area contributed by atoms with Crippen molar-refractivity contribution in [2.24, 2.45) is 0 Å². The third-order valence-electron chi connectivity index (χ3n) is 4.33. The zero-order valence-corrected chi connectivity index (χ0v) is 18.4. The standard InChI is InChI=1S/C24H22O4S2/c1-27-19-9-3-17(4-10-19)7-13-21(25)23(24-29-15-16-30-24)22(26)14-8-18-5-11-20(28-2)12-6-18/h3-14H,15-16H2,1-2H3. The summed E-state index contributed by atoms with van der Waals surface area (Å²) in [7, 11) is 3.21. The molecule has 0 atom stereocenters. The summed E-state index contributed by atoms with van der Waals surface area (Å²) >= 11 is 3.12. The Hall–Kier alpha value is -2.70. The van der Waals surface area contributed by atoms with E-state index in [-0.39, 0.29) is 17.1 Å². The van der Waals surface area contributed by atoms with Crippen LogP contribution in [-0.4, -0.2) is 37.3 Å². The maximum Gasteiger partial charge on any atom is 0.191 e. The molecule has 1 heterocycles. The van der Waals surface area contributed by atoms with Gasteiger partial charge in [-0.2, -0.15) is 0 Å². The first kappa shape index (κ1) is 22.0. The molecule has 0 radical (unpaired) electrons. The van der Waals surface area contributed by atoms with Gasteiger partial charge in [-0.15, -0.1) is 23.5 Å². The highest BCUT2D eigenvalue weighted by Gasteiger charge is 2.23. The lowest BCUT2D eigenvalue weighted by Gasteiger charge is -2.04. The predicted molar refractivity (Wildman–Crippen MR) is 126 cm³/mol. The number of rotatable bonds is 8. The van der Waals surface area contributed by atoms with E-state index < -0.39 is 0 Å². The number of hydrogen-bond acceptors (Lipinski definition) is 6. The summed E-state index contributed by atoms with van der Waals surface area (Å²) < 4.78 is 11.1. The largest absolute Gasteiger partial charge is 0.497 e. The number of carbonyl (C=O) groups is 2. The predicted octanol–water partition coefficient (Wildman–Crippen LogP) is 5.26. The Kier molecular flexibility index (Phi) is 7.99. The van der Waals surface area contributed by atoms with Crippen LogP contribution in [0.2, 0.25) is 0 Å². The van der Waals surface area contributed by atoms with Gasteiger partial charge in [0.2, 0.25) is 0 Å². The minimum absolute atomic E-state index is 0.233. The van der Waals surface area contributed by atoms with Gasteiger partial charge in [0.15, 0.2) is 11.6 Å². The van der Waals surface area contributed by atoms with Gasteiger partial charge in [-0.25, -0.2) is 0 Å². The summed E-state index contributed by atoms with van der Waals surface area (Å²) in [5.74, 6) is 2.72. The van der Waals surface area contributed by atoms with Crippen molar-refractivity contribution in [1.82, 2.24) is 0 Å². The summed E-state index contributed by atoms with van der Waals surface area (Å²) in [6, 6.07) is 14.8. The molecule has 154 valence electrons. The van der Waals surface area contributed by atoms with Crippen LogP contribution in [0.4, 0.5) is 0 Å². The van der Waals surface area contributed by atoms with Crippen molar-refractivity contribution in [3.63, 3.8) is 0 Å². The van der Waals surface area contributed by atoms with Gasteiger partial charge in [-0.3, -0.25) is 9.59 Å². The van der Waals surface area contributed by atoms with Gasteiger partial charge in [0.25, 0.3) is 0 Å². The van der Waals surface area contributed by atoms with Crippen LogP contribution in [-0.2, 0) is 9.59 Å². The zero-order chi connectivity index (χ0) is 21.3. The molecular formula is C24H22O4S2. The van der Waals surface area contributed by atoms with E-state index in [2.05, 4.69) is 0 Å². The number of ketones is 2. The SMILES string of the molecule is COc1ccc(C=CC(=O)C(C(=O)C=Cc2ccc(OC)cc2)=C2SCCS2)cc1. The van der Waals surface area contributed by atoms with E-state index in [9.17, 15) is 9.59 Å². The Morgan fingerprint density at radius 2 is 1.13 bits per heavy atom. The fourth-order valence-corrected chi connectivity index (χ4v) is 5.28. The van der Waals surface area contributed by atoms with Gasteiger partial charge in [-0.1, -0.05) is 36.4 Å². The van der Waals surface area contributed by atoms with Crippen LogP contribution in [0, 0.1) is 0 Å². The van der Waals surface area contributed by atoms with Crippen LogP contribution in [0.25, 0.3) is 12.2 Å². The molecular weight excluding hydrogens is 416 g/mol. The summed E-state index contributed by atoms with van der Waals surface area (Å²) in [6.07, 6.45) is 6.35. The fourth-order valence-electron chi connectivity index (χ4n) is 2.72. The van der Waals surface area contributed by atoms with E-state index in [1.807, 2.05) is 48.5 Å². The smallest absolute Gasteiger partial charge is 0.191 e. The number of ether oxygens (including phenoxy) is 2. The Labute approximate surface area is 185 Å². The maximum absolute atomic E-state index is 12.9. The van der Waals surface area contributed by atoms with Crippen molar-refractivity contribution in [3.8, 4) is 11.5 Å². The van der Waals surface area contributed by atoms with Gasteiger partial charge in [0, 0.05) is 11.5 Å². The molecule has 2 aromatic carbocycles. The van der Waals surface area contributed by atoms with Crippen molar-refractivity contribution >= 4 is 47.2 Å². The van der Waals surface area contributed by atoms with E-state index in [0.717, 1.165) is 38.4 Å². The lowest BCUT2D eigenvalue weighted by molar-refractivity contribution is -0.116. The molecule has 0 N–H and O–H groups in total. The number of benzene rings is 2. The van der Waals surface area contributed by atoms with Crippen LogP contribution in [0.1, 0.15) is 11.1 Å². The van der Waals surface area contributed by atoms with Crippen molar-refractivity contribution in [2.45, 2.75) is 0 Å². The number of hydrogen-bond donors (Lipinski definition) is 0. The summed E-state index contributed by atoms with van der Waals surface area (Å²) in [6.45, 7) is 0. The second-order valence-electron chi connectivity index (χ2n) is 6.30. The highest BCUT2D eigenvalue weighted by atomic mass is 32.2. The van der Waals surface area contributed by atoms with Crippen LogP contribution < -0.4 is 9.47 Å². The number of carbonyl (C=O) groups excluding carboxylic acids is 2. The molecule has 0 bridgehead atoms. The molecule has 1 fully saturated rings. The van der Waals surface area contributed by atoms with Crippen molar-refractivity contribution in [2.75, 3.05) is 25.7 Å². The lowest BCUT2D eigenvalue weighted by Crippen LogP contribution is -2.10. The molecule has 0 spiro atoms. The second kappa shape index (κ2) is 10.9. The van der Waals surface area contributed by atoms with E-state index in [4.69, 9.17) is 9.47 Å². The molecule has 2 aromatic rings. The number of methoxy groups -OCH3 is 2. The second-order valence-corrected chi connectivity index (χ2v) is 8.77. The highest BCUT2D eigenvalue weighted by Crippen LogP contribution is 2.39. The Bertz CT molecular complexity index is 907. The summed E-state index contributed by atoms with van der Waals surface area (Å²) in [4.78, 5) is 25.8. The quantitative estimate of drug-likeness (QED) is 0.318. The van der Waals surface area contributed by atoms with Crippen LogP contribution in [0.15, 0.2) is 70.5 Å². The molecule has 0 aromatic heterocycles. The molecule has 6 heteroatoms. The van der Waals surface area contributed by atoms with Crippen molar-refractivity contribution < 1.29 is 19.1 Å². The van der Waals surface area contributed by atoms with Gasteiger partial charge >= 0.3 is 0 Å². The first-order valence-corrected chi connectivity index (χ1v) is 11.3. The minimum Gasteiger partial charge on any atom is -0.497 e. The average Bonchev–Trinajstić information content (AvgIpc) is 3.31. The Morgan fingerprint density at radius 3 is 1.50 bits per heavy atom. The molecule has 0 aliphatic carbocycles.